The molecule has 0 aromatic rings. The van der Waals surface area contributed by atoms with Gasteiger partial charge >= 0.3 is 0 Å². The Morgan fingerprint density at radius 3 is 2.17 bits per heavy atom. The van der Waals surface area contributed by atoms with Crippen molar-refractivity contribution in [2.45, 2.75) is 54.0 Å². The molecule has 0 bridgehead atoms. The molecule has 18 heavy (non-hydrogen) atoms. The third-order valence-electron chi connectivity index (χ3n) is 4.02. The molecular formula is C15H30INO. The van der Waals surface area contributed by atoms with Crippen molar-refractivity contribution in [2.24, 2.45) is 23.7 Å². The van der Waals surface area contributed by atoms with Gasteiger partial charge in [-0.3, -0.25) is 0 Å². The minimum Gasteiger partial charge on any atom is -0.317 e. The van der Waals surface area contributed by atoms with Crippen LogP contribution < -0.4 is 5.48 Å². The molecule has 0 rings (SSSR count). The zero-order valence-electron chi connectivity index (χ0n) is 12.7. The maximum Gasteiger partial charge on any atom is 0.0350 e. The van der Waals surface area contributed by atoms with Crippen LogP contribution in [0.2, 0.25) is 0 Å². The molecule has 0 heterocycles. The fraction of sp³-hybridized carbons (Fsp3) is 0.800. The van der Waals surface area contributed by atoms with Crippen LogP contribution in [0, 0.1) is 23.7 Å². The number of hydrogen-bond donors (Lipinski definition) is 2. The normalized spacial score (nSPS) is 19.9. The first-order valence-corrected chi connectivity index (χ1v) is 9.14. The van der Waals surface area contributed by atoms with Gasteiger partial charge in [-0.05, 0) is 44.6 Å². The summed E-state index contributed by atoms with van der Waals surface area (Å²) in [7, 11) is 0. The molecule has 0 aliphatic carbocycles. The van der Waals surface area contributed by atoms with Gasteiger partial charge in [-0.25, -0.2) is 5.48 Å². The second-order valence-corrected chi connectivity index (χ2v) is 8.93. The molecule has 108 valence electrons. The van der Waals surface area contributed by atoms with Crippen molar-refractivity contribution in [3.05, 3.63) is 10.7 Å². The summed E-state index contributed by atoms with van der Waals surface area (Å²) < 4.78 is 3.67. The molecule has 0 saturated heterocycles. The van der Waals surface area contributed by atoms with Crippen LogP contribution in [0.4, 0.5) is 0 Å². The highest BCUT2D eigenvalue weighted by atomic mass is 127. The van der Waals surface area contributed by atoms with Crippen molar-refractivity contribution in [2.75, 3.05) is 0 Å². The molecule has 0 aliphatic heterocycles. The topological polar surface area (TPSA) is 32.3 Å². The van der Waals surface area contributed by atoms with Gasteiger partial charge in [-0.2, -0.15) is 0 Å². The Morgan fingerprint density at radius 2 is 1.78 bits per heavy atom. The lowest BCUT2D eigenvalue weighted by molar-refractivity contribution is 0.0702. The Balaban J connectivity index is 4.69. The molecule has 0 aromatic carbocycles. The lowest BCUT2D eigenvalue weighted by Gasteiger charge is -2.32. The van der Waals surface area contributed by atoms with E-state index in [9.17, 15) is 5.21 Å². The van der Waals surface area contributed by atoms with Gasteiger partial charge in [0.2, 0.25) is 0 Å². The van der Waals surface area contributed by atoms with Crippen molar-refractivity contribution in [1.82, 2.24) is 5.48 Å². The van der Waals surface area contributed by atoms with E-state index < -0.39 is 0 Å². The Bertz CT molecular complexity index is 276. The fourth-order valence-electron chi connectivity index (χ4n) is 2.30. The van der Waals surface area contributed by atoms with Gasteiger partial charge in [-0.15, -0.1) is 0 Å². The lowest BCUT2D eigenvalue weighted by atomic mass is 9.78. The van der Waals surface area contributed by atoms with Gasteiger partial charge in [0, 0.05) is 6.04 Å². The Kier molecular flexibility index (Phi) is 9.34. The minimum atomic E-state index is 0.0219. The first kappa shape index (κ1) is 18.3. The quantitative estimate of drug-likeness (QED) is 0.486. The summed E-state index contributed by atoms with van der Waals surface area (Å²) in [5.41, 5.74) is 2.52. The Morgan fingerprint density at radius 1 is 1.22 bits per heavy atom. The van der Waals surface area contributed by atoms with Crippen molar-refractivity contribution < 1.29 is 5.21 Å². The monoisotopic (exact) mass is 367 g/mol. The van der Waals surface area contributed by atoms with Gasteiger partial charge in [0.05, 0.1) is 0 Å². The van der Waals surface area contributed by atoms with Crippen LogP contribution in [0.15, 0.2) is 10.7 Å². The minimum absolute atomic E-state index is 0.0219. The third kappa shape index (κ3) is 5.93. The molecule has 0 aromatic heterocycles. The standard InChI is InChI=1S/C15H30INO/c1-8-16-14(7)12(5)11(4)13(6)15(17-18)9-10(2)3/h8,10-13,15,17-18H,1,9H2,2-7H3/t11-,12-,13+,15+/m0/s1. The summed E-state index contributed by atoms with van der Waals surface area (Å²) >= 11 is 0.0219. The first-order valence-electron chi connectivity index (χ1n) is 6.82. The smallest absolute Gasteiger partial charge is 0.0350 e. The van der Waals surface area contributed by atoms with Crippen LogP contribution in [0.25, 0.3) is 0 Å². The van der Waals surface area contributed by atoms with E-state index in [0.29, 0.717) is 23.7 Å². The lowest BCUT2D eigenvalue weighted by Crippen LogP contribution is -2.39. The Hall–Kier alpha value is 0.260. The van der Waals surface area contributed by atoms with Crippen molar-refractivity contribution in [3.8, 4) is 0 Å². The molecular weight excluding hydrogens is 337 g/mol. The third-order valence-corrected chi connectivity index (χ3v) is 6.43. The highest BCUT2D eigenvalue weighted by Crippen LogP contribution is 2.29. The molecule has 0 unspecified atom stereocenters. The molecule has 2 N–H and O–H groups in total. The van der Waals surface area contributed by atoms with E-state index in [1.807, 2.05) is 0 Å². The second-order valence-electron chi connectivity index (χ2n) is 5.72. The predicted molar refractivity (Wildman–Crippen MR) is 90.6 cm³/mol. The number of hydroxylamine groups is 1. The molecule has 0 saturated carbocycles. The number of nitrogens with one attached hydrogen (secondary N) is 1. The van der Waals surface area contributed by atoms with E-state index in [1.165, 1.54) is 0 Å². The predicted octanol–water partition coefficient (Wildman–Crippen LogP) is 4.59. The zero-order valence-corrected chi connectivity index (χ0v) is 14.9. The SMILES string of the molecule is C=CI=C(C)[C@@H](C)[C@H](C)[C@@H](C)[C@@H](CC(C)C)NO. The van der Waals surface area contributed by atoms with E-state index in [0.717, 1.165) is 6.42 Å². The number of hydrogen-bond acceptors (Lipinski definition) is 2. The van der Waals surface area contributed by atoms with Crippen LogP contribution in [0.3, 0.4) is 0 Å². The van der Waals surface area contributed by atoms with Crippen LogP contribution in [-0.2, 0) is 0 Å². The average Bonchev–Trinajstić information content (AvgIpc) is 2.33. The van der Waals surface area contributed by atoms with E-state index in [4.69, 9.17) is 0 Å². The van der Waals surface area contributed by atoms with E-state index in [2.05, 4.69) is 57.7 Å². The molecule has 0 aliphatic rings. The number of halogens is 1. The fourth-order valence-corrected chi connectivity index (χ4v) is 4.13. The average molecular weight is 367 g/mol. The van der Waals surface area contributed by atoms with Crippen molar-refractivity contribution in [1.29, 1.82) is 0 Å². The molecule has 2 nitrogen and oxygen atoms in total. The maximum absolute atomic E-state index is 9.35. The first-order chi connectivity index (χ1) is 8.34. The molecule has 4 atom stereocenters. The summed E-state index contributed by atoms with van der Waals surface area (Å²) in [5.74, 6) is 2.25. The van der Waals surface area contributed by atoms with E-state index >= 15 is 0 Å². The van der Waals surface area contributed by atoms with E-state index in [1.54, 1.807) is 3.51 Å². The van der Waals surface area contributed by atoms with Crippen LogP contribution in [-0.4, -0.2) is 14.8 Å². The van der Waals surface area contributed by atoms with Gasteiger partial charge in [-0.1, -0.05) is 61.9 Å². The summed E-state index contributed by atoms with van der Waals surface area (Å²) in [4.78, 5) is 0. The van der Waals surface area contributed by atoms with Gasteiger partial charge in [0.25, 0.3) is 0 Å². The molecule has 0 amide bonds. The molecule has 3 heteroatoms. The van der Waals surface area contributed by atoms with Gasteiger partial charge in [0.15, 0.2) is 0 Å². The highest BCUT2D eigenvalue weighted by molar-refractivity contribution is 14.2. The summed E-state index contributed by atoms with van der Waals surface area (Å²) in [6.07, 6.45) is 1.02. The number of rotatable bonds is 8. The van der Waals surface area contributed by atoms with Crippen LogP contribution in [0.1, 0.15) is 48.0 Å². The van der Waals surface area contributed by atoms with Crippen LogP contribution >= 0.6 is 20.7 Å². The van der Waals surface area contributed by atoms with E-state index in [-0.39, 0.29) is 26.8 Å². The Labute approximate surface area is 123 Å². The summed E-state index contributed by atoms with van der Waals surface area (Å²) in [6.45, 7) is 17.4. The van der Waals surface area contributed by atoms with Gasteiger partial charge in [0.1, 0.15) is 0 Å². The maximum atomic E-state index is 9.35. The molecule has 0 spiro atoms. The van der Waals surface area contributed by atoms with Gasteiger partial charge < -0.3 is 5.21 Å². The summed E-state index contributed by atoms with van der Waals surface area (Å²) in [5, 5.41) is 9.35. The highest BCUT2D eigenvalue weighted by Gasteiger charge is 2.27. The largest absolute Gasteiger partial charge is 0.317 e. The van der Waals surface area contributed by atoms with Crippen LogP contribution in [0.5, 0.6) is 0 Å². The summed E-state index contributed by atoms with van der Waals surface area (Å²) in [6, 6.07) is 0.192. The zero-order chi connectivity index (χ0) is 14.3. The van der Waals surface area contributed by atoms with Crippen molar-refractivity contribution in [3.63, 3.8) is 0 Å². The second kappa shape index (κ2) is 9.21. The molecule has 0 fully saturated rings. The van der Waals surface area contributed by atoms with Crippen molar-refractivity contribution >= 4 is 24.2 Å². The molecule has 0 radical (unpaired) electrons.